The van der Waals surface area contributed by atoms with Crippen LogP contribution in [0.15, 0.2) is 47.5 Å². The van der Waals surface area contributed by atoms with Gasteiger partial charge in [-0.1, -0.05) is 49.9 Å². The van der Waals surface area contributed by atoms with Crippen LogP contribution in [0.25, 0.3) is 5.69 Å². The number of aryl methyl sites for hydroxylation is 1. The van der Waals surface area contributed by atoms with Gasteiger partial charge in [-0.15, -0.1) is 10.2 Å². The molecule has 0 fully saturated rings. The molecule has 1 aromatic heterocycles. The van der Waals surface area contributed by atoms with E-state index >= 15 is 0 Å². The van der Waals surface area contributed by atoms with Crippen molar-refractivity contribution in [3.63, 3.8) is 0 Å². The molecule has 0 radical (unpaired) electrons. The maximum atomic E-state index is 12.9. The average molecular weight is 480 g/mol. The number of nitrogens with one attached hydrogen (secondary N) is 1. The van der Waals surface area contributed by atoms with E-state index in [0.717, 1.165) is 46.9 Å². The Hall–Kier alpha value is -3.19. The smallest absolute Gasteiger partial charge is 0.222 e. The summed E-state index contributed by atoms with van der Waals surface area (Å²) in [4.78, 5) is 17.9. The van der Waals surface area contributed by atoms with Gasteiger partial charge < -0.3 is 10.1 Å². The van der Waals surface area contributed by atoms with Crippen LogP contribution in [-0.4, -0.2) is 40.0 Å². The molecule has 2 aromatic carbocycles. The number of fused-ring (bicyclic) bond motifs is 3. The highest BCUT2D eigenvalue weighted by atomic mass is 35.5. The van der Waals surface area contributed by atoms with E-state index in [-0.39, 0.29) is 12.3 Å². The first-order valence-electron chi connectivity index (χ1n) is 11.7. The number of hydrogen-bond acceptors (Lipinski definition) is 5. The maximum Gasteiger partial charge on any atom is 0.222 e. The molecule has 0 aliphatic carbocycles. The molecule has 1 aliphatic heterocycles. The van der Waals surface area contributed by atoms with E-state index in [2.05, 4.69) is 22.4 Å². The summed E-state index contributed by atoms with van der Waals surface area (Å²) in [6.07, 6.45) is 4.62. The molecule has 0 unspecified atom stereocenters. The largest absolute Gasteiger partial charge is 0.497 e. The molecule has 8 heteroatoms. The predicted octanol–water partition coefficient (Wildman–Crippen LogP) is 5.22. The first-order chi connectivity index (χ1) is 16.5. The number of aromatic nitrogens is 3. The minimum Gasteiger partial charge on any atom is -0.497 e. The van der Waals surface area contributed by atoms with Crippen LogP contribution < -0.4 is 10.1 Å². The standard InChI is InChI=1S/C26H30ClN5O2/c1-4-5-6-7-14-28-24(33)16-22-26-31-30-17(2)32(26)23-13-12-20(34-3)15-21(23)25(29-22)18-8-10-19(27)11-9-18/h8-13,15,22H,4-7,14,16H2,1-3H3,(H,28,33)/t22-/m0/s1. The van der Waals surface area contributed by atoms with Gasteiger partial charge in [0.1, 0.15) is 17.6 Å². The molecule has 0 bridgehead atoms. The van der Waals surface area contributed by atoms with Crippen molar-refractivity contribution in [2.45, 2.75) is 52.0 Å². The Morgan fingerprint density at radius 1 is 1.12 bits per heavy atom. The molecule has 178 valence electrons. The van der Waals surface area contributed by atoms with Crippen molar-refractivity contribution >= 4 is 23.2 Å². The molecule has 1 N–H and O–H groups in total. The number of halogens is 1. The molecule has 0 spiro atoms. The van der Waals surface area contributed by atoms with Gasteiger partial charge in [-0.3, -0.25) is 14.4 Å². The molecule has 1 aliphatic rings. The third-order valence-corrected chi connectivity index (χ3v) is 6.23. The lowest BCUT2D eigenvalue weighted by molar-refractivity contribution is -0.121. The Labute approximate surface area is 205 Å². The van der Waals surface area contributed by atoms with Crippen LogP contribution in [0.5, 0.6) is 5.75 Å². The van der Waals surface area contributed by atoms with Crippen LogP contribution in [0.1, 0.15) is 67.8 Å². The second kappa shape index (κ2) is 10.8. The SMILES string of the molecule is CCCCCCNC(=O)C[C@@H]1N=C(c2ccc(Cl)cc2)c2cc(OC)ccc2-n2c(C)nnc21. The van der Waals surface area contributed by atoms with E-state index in [1.54, 1.807) is 7.11 Å². The molecular weight excluding hydrogens is 450 g/mol. The van der Waals surface area contributed by atoms with Gasteiger partial charge in [0, 0.05) is 22.7 Å². The maximum absolute atomic E-state index is 12.9. The molecule has 0 saturated carbocycles. The lowest BCUT2D eigenvalue weighted by Gasteiger charge is -2.14. The fourth-order valence-corrected chi connectivity index (χ4v) is 4.33. The van der Waals surface area contributed by atoms with Crippen molar-refractivity contribution in [2.24, 2.45) is 4.99 Å². The van der Waals surface area contributed by atoms with Crippen molar-refractivity contribution in [3.05, 3.63) is 70.3 Å². The zero-order chi connectivity index (χ0) is 24.1. The quantitative estimate of drug-likeness (QED) is 0.427. The molecule has 1 atom stereocenters. The first kappa shape index (κ1) is 24.0. The third-order valence-electron chi connectivity index (χ3n) is 5.98. The minimum absolute atomic E-state index is 0.0450. The Morgan fingerprint density at radius 2 is 1.91 bits per heavy atom. The van der Waals surface area contributed by atoms with Crippen molar-refractivity contribution in [2.75, 3.05) is 13.7 Å². The van der Waals surface area contributed by atoms with Crippen molar-refractivity contribution in [1.29, 1.82) is 0 Å². The van der Waals surface area contributed by atoms with Crippen LogP contribution in [0.4, 0.5) is 0 Å². The Morgan fingerprint density at radius 3 is 2.65 bits per heavy atom. The van der Waals surface area contributed by atoms with Crippen LogP contribution in [-0.2, 0) is 4.79 Å². The summed E-state index contributed by atoms with van der Waals surface area (Å²) in [5.74, 6) is 2.06. The first-order valence-corrected chi connectivity index (χ1v) is 12.1. The number of aliphatic imine (C=N–C) groups is 1. The summed E-state index contributed by atoms with van der Waals surface area (Å²) in [5.41, 5.74) is 3.44. The molecule has 1 amide bonds. The highest BCUT2D eigenvalue weighted by Crippen LogP contribution is 2.34. The van der Waals surface area contributed by atoms with E-state index in [0.29, 0.717) is 17.4 Å². The summed E-state index contributed by atoms with van der Waals surface area (Å²) >= 11 is 6.15. The number of unbranched alkanes of at least 4 members (excludes halogenated alkanes) is 3. The number of amides is 1. The monoisotopic (exact) mass is 479 g/mol. The number of methoxy groups -OCH3 is 1. The number of carbonyl (C=O) groups excluding carboxylic acids is 1. The zero-order valence-corrected chi connectivity index (χ0v) is 20.6. The summed E-state index contributed by atoms with van der Waals surface area (Å²) < 4.78 is 7.49. The van der Waals surface area contributed by atoms with Gasteiger partial charge in [-0.05, 0) is 43.7 Å². The minimum atomic E-state index is -0.485. The number of ether oxygens (including phenoxy) is 1. The van der Waals surface area contributed by atoms with Gasteiger partial charge in [0.25, 0.3) is 0 Å². The fraction of sp³-hybridized carbons (Fsp3) is 0.385. The topological polar surface area (TPSA) is 81.4 Å². The van der Waals surface area contributed by atoms with Crippen LogP contribution in [0, 0.1) is 6.92 Å². The second-order valence-corrected chi connectivity index (χ2v) is 8.88. The van der Waals surface area contributed by atoms with E-state index in [9.17, 15) is 4.79 Å². The molecular formula is C26H30ClN5O2. The van der Waals surface area contributed by atoms with Crippen LogP contribution >= 0.6 is 11.6 Å². The summed E-state index contributed by atoms with van der Waals surface area (Å²) in [6.45, 7) is 4.75. The van der Waals surface area contributed by atoms with Crippen molar-refractivity contribution in [3.8, 4) is 11.4 Å². The highest BCUT2D eigenvalue weighted by Gasteiger charge is 2.30. The number of nitrogens with zero attached hydrogens (tertiary/aromatic N) is 4. The van der Waals surface area contributed by atoms with Gasteiger partial charge in [-0.25, -0.2) is 0 Å². The van der Waals surface area contributed by atoms with Gasteiger partial charge in [-0.2, -0.15) is 0 Å². The van der Waals surface area contributed by atoms with Crippen molar-refractivity contribution < 1.29 is 9.53 Å². The van der Waals surface area contributed by atoms with Crippen LogP contribution in [0.2, 0.25) is 5.02 Å². The third kappa shape index (κ3) is 5.14. The number of benzene rings is 2. The molecule has 2 heterocycles. The van der Waals surface area contributed by atoms with Crippen LogP contribution in [0.3, 0.4) is 0 Å². The lowest BCUT2D eigenvalue weighted by atomic mass is 10.00. The number of rotatable bonds is 9. The van der Waals surface area contributed by atoms with Gasteiger partial charge in [0.2, 0.25) is 5.91 Å². The number of carbonyl (C=O) groups is 1. The molecule has 3 aromatic rings. The zero-order valence-electron chi connectivity index (χ0n) is 19.8. The molecule has 4 rings (SSSR count). The van der Waals surface area contributed by atoms with E-state index in [1.165, 1.54) is 12.8 Å². The highest BCUT2D eigenvalue weighted by molar-refractivity contribution is 6.30. The van der Waals surface area contributed by atoms with Crippen molar-refractivity contribution in [1.82, 2.24) is 20.1 Å². The Bertz CT molecular complexity index is 1190. The van der Waals surface area contributed by atoms with E-state index in [1.807, 2.05) is 54.0 Å². The average Bonchev–Trinajstić information content (AvgIpc) is 3.16. The fourth-order valence-electron chi connectivity index (χ4n) is 4.20. The molecule has 0 saturated heterocycles. The molecule has 34 heavy (non-hydrogen) atoms. The normalized spacial score (nSPS) is 14.6. The summed E-state index contributed by atoms with van der Waals surface area (Å²) in [6, 6.07) is 12.9. The van der Waals surface area contributed by atoms with E-state index in [4.69, 9.17) is 21.3 Å². The Kier molecular flexibility index (Phi) is 7.63. The molecule has 7 nitrogen and oxygen atoms in total. The van der Waals surface area contributed by atoms with E-state index < -0.39 is 6.04 Å². The van der Waals surface area contributed by atoms with Gasteiger partial charge in [0.15, 0.2) is 5.82 Å². The van der Waals surface area contributed by atoms with Gasteiger partial charge in [0.05, 0.1) is 24.9 Å². The summed E-state index contributed by atoms with van der Waals surface area (Å²) in [7, 11) is 1.64. The summed E-state index contributed by atoms with van der Waals surface area (Å²) in [5, 5.41) is 12.4. The Balaban J connectivity index is 1.74. The number of hydrogen-bond donors (Lipinski definition) is 1. The van der Waals surface area contributed by atoms with Gasteiger partial charge >= 0.3 is 0 Å². The second-order valence-electron chi connectivity index (χ2n) is 8.44. The predicted molar refractivity (Wildman–Crippen MR) is 134 cm³/mol. The lowest BCUT2D eigenvalue weighted by Crippen LogP contribution is -2.26.